The second kappa shape index (κ2) is 15.6. The van der Waals surface area contributed by atoms with Crippen molar-refractivity contribution in [3.05, 3.63) is 95.0 Å². The molecule has 0 heterocycles. The summed E-state index contributed by atoms with van der Waals surface area (Å²) in [5.74, 6) is -1.04. The SMILES string of the molecule is C/C=C(\C(C(=O)O)=C(/C)NC)C1CCc2ccccc2C1.C=C/C(F)=C\C(=C)C=N.CC. The van der Waals surface area contributed by atoms with Crippen molar-refractivity contribution < 1.29 is 14.3 Å². The maximum Gasteiger partial charge on any atom is 0.337 e. The van der Waals surface area contributed by atoms with Gasteiger partial charge >= 0.3 is 5.97 Å². The van der Waals surface area contributed by atoms with Gasteiger partial charge in [0.1, 0.15) is 5.83 Å². The van der Waals surface area contributed by atoms with Crippen molar-refractivity contribution in [1.29, 1.82) is 5.41 Å². The van der Waals surface area contributed by atoms with E-state index < -0.39 is 11.8 Å². The maximum absolute atomic E-state index is 12.1. The number of fused-ring (bicyclic) bond motifs is 1. The Balaban J connectivity index is 0.000000738. The van der Waals surface area contributed by atoms with Gasteiger partial charge in [-0.3, -0.25) is 0 Å². The van der Waals surface area contributed by atoms with Crippen molar-refractivity contribution in [2.75, 3.05) is 7.05 Å². The van der Waals surface area contributed by atoms with Crippen LogP contribution in [0, 0.1) is 11.3 Å². The van der Waals surface area contributed by atoms with Crippen LogP contribution in [0.5, 0.6) is 0 Å². The molecule has 1 aromatic carbocycles. The van der Waals surface area contributed by atoms with E-state index >= 15 is 0 Å². The molecule has 32 heavy (non-hydrogen) atoms. The number of rotatable bonds is 7. The molecule has 0 saturated heterocycles. The van der Waals surface area contributed by atoms with Gasteiger partial charge in [-0.2, -0.15) is 0 Å². The van der Waals surface area contributed by atoms with Gasteiger partial charge < -0.3 is 15.8 Å². The van der Waals surface area contributed by atoms with Gasteiger partial charge in [0.2, 0.25) is 0 Å². The molecule has 174 valence electrons. The summed E-state index contributed by atoms with van der Waals surface area (Å²) >= 11 is 0. The first-order valence-electron chi connectivity index (χ1n) is 10.8. The molecular weight excluding hydrogens is 403 g/mol. The lowest BCUT2D eigenvalue weighted by molar-refractivity contribution is -0.132. The van der Waals surface area contributed by atoms with Gasteiger partial charge in [-0.1, -0.05) is 57.3 Å². The summed E-state index contributed by atoms with van der Waals surface area (Å²) in [4.78, 5) is 11.6. The van der Waals surface area contributed by atoms with E-state index in [1.165, 1.54) is 11.1 Å². The van der Waals surface area contributed by atoms with Crippen LogP contribution < -0.4 is 5.32 Å². The number of aryl methyl sites for hydroxylation is 1. The number of benzene rings is 1. The minimum Gasteiger partial charge on any atom is -0.478 e. The van der Waals surface area contributed by atoms with E-state index in [9.17, 15) is 14.3 Å². The Bertz CT molecular complexity index is 895. The molecule has 2 rings (SSSR count). The van der Waals surface area contributed by atoms with Gasteiger partial charge in [-0.15, -0.1) is 0 Å². The molecule has 0 aliphatic heterocycles. The fourth-order valence-corrected chi connectivity index (χ4v) is 3.45. The molecule has 0 amide bonds. The lowest BCUT2D eigenvalue weighted by Gasteiger charge is -2.28. The molecule has 1 aliphatic rings. The normalized spacial score (nSPS) is 16.0. The fraction of sp³-hybridized carbons (Fsp3) is 0.333. The number of hydrogen-bond donors (Lipinski definition) is 3. The Morgan fingerprint density at radius 2 is 1.88 bits per heavy atom. The van der Waals surface area contributed by atoms with E-state index in [0.29, 0.717) is 11.1 Å². The number of halogens is 1. The lowest BCUT2D eigenvalue weighted by atomic mass is 9.77. The van der Waals surface area contributed by atoms with Crippen LogP contribution in [-0.4, -0.2) is 24.3 Å². The Morgan fingerprint density at radius 3 is 2.34 bits per heavy atom. The van der Waals surface area contributed by atoms with E-state index in [1.54, 1.807) is 7.05 Å². The predicted molar refractivity (Wildman–Crippen MR) is 134 cm³/mol. The summed E-state index contributed by atoms with van der Waals surface area (Å²) in [6.45, 7) is 14.3. The van der Waals surface area contributed by atoms with Gasteiger partial charge in [0.25, 0.3) is 0 Å². The smallest absolute Gasteiger partial charge is 0.337 e. The quantitative estimate of drug-likeness (QED) is 0.255. The largest absolute Gasteiger partial charge is 0.478 e. The van der Waals surface area contributed by atoms with Crippen LogP contribution in [-0.2, 0) is 17.6 Å². The summed E-state index contributed by atoms with van der Waals surface area (Å²) in [5.41, 5.74) is 5.16. The summed E-state index contributed by atoms with van der Waals surface area (Å²) in [7, 11) is 1.77. The number of nitrogens with one attached hydrogen (secondary N) is 2. The number of aliphatic carboxylic acids is 1. The average molecular weight is 441 g/mol. The van der Waals surface area contributed by atoms with Crippen LogP contribution in [0.1, 0.15) is 45.2 Å². The van der Waals surface area contributed by atoms with Crippen molar-refractivity contribution in [3.8, 4) is 0 Å². The predicted octanol–water partition coefficient (Wildman–Crippen LogP) is 6.57. The van der Waals surface area contributed by atoms with Crippen molar-refractivity contribution in [2.24, 2.45) is 5.92 Å². The zero-order valence-electron chi connectivity index (χ0n) is 20.0. The van der Waals surface area contributed by atoms with Crippen LogP contribution in [0.2, 0.25) is 0 Å². The Labute approximate surface area is 192 Å². The number of carbonyl (C=O) groups is 1. The highest BCUT2D eigenvalue weighted by Crippen LogP contribution is 2.34. The van der Waals surface area contributed by atoms with E-state index in [2.05, 4.69) is 42.7 Å². The number of carboxylic acid groups (broad SMARTS) is 1. The molecule has 1 aliphatic carbocycles. The molecule has 0 aromatic heterocycles. The first-order chi connectivity index (χ1) is 15.3. The monoisotopic (exact) mass is 440 g/mol. The van der Waals surface area contributed by atoms with Gasteiger partial charge in [0.05, 0.1) is 5.57 Å². The first kappa shape index (κ1) is 28.8. The van der Waals surface area contributed by atoms with Gasteiger partial charge in [0, 0.05) is 19.0 Å². The van der Waals surface area contributed by atoms with Crippen LogP contribution in [0.3, 0.4) is 0 Å². The van der Waals surface area contributed by atoms with Crippen molar-refractivity contribution >= 4 is 12.2 Å². The van der Waals surface area contributed by atoms with E-state index in [4.69, 9.17) is 5.41 Å². The molecule has 5 heteroatoms. The number of carboxylic acids is 1. The summed E-state index contributed by atoms with van der Waals surface area (Å²) in [5, 5.41) is 19.1. The molecule has 1 aromatic rings. The Hall–Kier alpha value is -3.21. The summed E-state index contributed by atoms with van der Waals surface area (Å²) in [6, 6.07) is 8.46. The minimum atomic E-state index is -0.853. The van der Waals surface area contributed by atoms with Crippen LogP contribution in [0.15, 0.2) is 83.9 Å². The van der Waals surface area contributed by atoms with Gasteiger partial charge in [0.15, 0.2) is 0 Å². The summed E-state index contributed by atoms with van der Waals surface area (Å²) < 4.78 is 12.1. The fourth-order valence-electron chi connectivity index (χ4n) is 3.45. The molecule has 1 unspecified atom stereocenters. The highest BCUT2D eigenvalue weighted by molar-refractivity contribution is 5.92. The molecule has 4 nitrogen and oxygen atoms in total. The van der Waals surface area contributed by atoms with E-state index in [1.807, 2.05) is 33.8 Å². The van der Waals surface area contributed by atoms with E-state index in [-0.39, 0.29) is 5.92 Å². The summed E-state index contributed by atoms with van der Waals surface area (Å²) in [6.07, 6.45) is 8.08. The van der Waals surface area contributed by atoms with Gasteiger partial charge in [-0.25, -0.2) is 9.18 Å². The molecular formula is C27H37FN2O2. The highest BCUT2D eigenvalue weighted by Gasteiger charge is 2.27. The Morgan fingerprint density at radius 1 is 1.28 bits per heavy atom. The maximum atomic E-state index is 12.1. The zero-order valence-corrected chi connectivity index (χ0v) is 20.0. The second-order valence-corrected chi connectivity index (χ2v) is 6.96. The standard InChI is InChI=1S/C18H23NO2.C7H8FN.C2H6/c1-4-16(17(18(20)21)12(2)19-3)15-10-9-13-7-5-6-8-14(13)11-15;1-3-7(8)4-6(2)5-9;1-2/h4-8,15,19H,9-11H2,1-3H3,(H,20,21);3-5,9H,1-2H2;1-2H3/b16-4-,17-12-;7-4+,9-5?;. The van der Waals surface area contributed by atoms with E-state index in [0.717, 1.165) is 48.9 Å². The first-order valence-corrected chi connectivity index (χ1v) is 10.8. The zero-order chi connectivity index (χ0) is 24.7. The van der Waals surface area contributed by atoms with Crippen LogP contribution in [0.4, 0.5) is 4.39 Å². The molecule has 1 atom stereocenters. The second-order valence-electron chi connectivity index (χ2n) is 6.96. The average Bonchev–Trinajstić information content (AvgIpc) is 2.82. The minimum absolute atomic E-state index is 0.277. The highest BCUT2D eigenvalue weighted by atomic mass is 19.1. The van der Waals surface area contributed by atoms with Crippen molar-refractivity contribution in [1.82, 2.24) is 5.32 Å². The molecule has 0 saturated carbocycles. The molecule has 0 spiro atoms. The van der Waals surface area contributed by atoms with Crippen LogP contribution >= 0.6 is 0 Å². The number of allylic oxidation sites excluding steroid dienone is 6. The number of hydrogen-bond acceptors (Lipinski definition) is 3. The molecule has 0 fully saturated rings. The van der Waals surface area contributed by atoms with Crippen molar-refractivity contribution in [3.63, 3.8) is 0 Å². The Kier molecular flexibility index (Phi) is 14.0. The molecule has 3 N–H and O–H groups in total. The third kappa shape index (κ3) is 8.88. The van der Waals surface area contributed by atoms with Crippen molar-refractivity contribution in [2.45, 2.75) is 47.0 Å². The topological polar surface area (TPSA) is 73.2 Å². The third-order valence-electron chi connectivity index (χ3n) is 5.05. The lowest BCUT2D eigenvalue weighted by Crippen LogP contribution is -2.22. The molecule has 0 bridgehead atoms. The van der Waals surface area contributed by atoms with Crippen LogP contribution in [0.25, 0.3) is 0 Å². The van der Waals surface area contributed by atoms with Gasteiger partial charge in [-0.05, 0) is 73.5 Å². The third-order valence-corrected chi connectivity index (χ3v) is 5.05. The molecule has 0 radical (unpaired) electrons.